The van der Waals surface area contributed by atoms with Crippen molar-refractivity contribution in [2.24, 2.45) is 0 Å². The molecule has 0 radical (unpaired) electrons. The standard InChI is InChI=1S/C16H25NO2/c1-5-11-16(12-6-2,15(18)19-4)17-14-9-7-13(3)8-10-14/h7-10,17H,5-6,11-12H2,1-4H3. The number of hydrogen-bond acceptors (Lipinski definition) is 3. The molecule has 0 spiro atoms. The van der Waals surface area contributed by atoms with Crippen LogP contribution in [0.1, 0.15) is 45.1 Å². The Morgan fingerprint density at radius 3 is 2.11 bits per heavy atom. The second-order valence-electron chi connectivity index (χ2n) is 5.06. The highest BCUT2D eigenvalue weighted by molar-refractivity contribution is 5.84. The predicted molar refractivity (Wildman–Crippen MR) is 79.4 cm³/mol. The quantitative estimate of drug-likeness (QED) is 0.758. The topological polar surface area (TPSA) is 38.3 Å². The zero-order valence-electron chi connectivity index (χ0n) is 12.5. The molecule has 1 aromatic rings. The molecule has 0 aliphatic rings. The Morgan fingerprint density at radius 1 is 1.16 bits per heavy atom. The highest BCUT2D eigenvalue weighted by atomic mass is 16.5. The first-order valence-electron chi connectivity index (χ1n) is 7.01. The van der Waals surface area contributed by atoms with Crippen LogP contribution in [-0.2, 0) is 9.53 Å². The molecule has 1 rings (SSSR count). The summed E-state index contributed by atoms with van der Waals surface area (Å²) >= 11 is 0. The maximum Gasteiger partial charge on any atom is 0.331 e. The van der Waals surface area contributed by atoms with Crippen LogP contribution in [0.25, 0.3) is 0 Å². The van der Waals surface area contributed by atoms with Gasteiger partial charge >= 0.3 is 5.97 Å². The van der Waals surface area contributed by atoms with Gasteiger partial charge in [0.15, 0.2) is 0 Å². The zero-order chi connectivity index (χ0) is 14.3. The van der Waals surface area contributed by atoms with Gasteiger partial charge in [-0.25, -0.2) is 4.79 Å². The van der Waals surface area contributed by atoms with E-state index in [1.807, 2.05) is 24.3 Å². The van der Waals surface area contributed by atoms with Crippen molar-refractivity contribution in [2.45, 2.75) is 52.0 Å². The summed E-state index contributed by atoms with van der Waals surface area (Å²) in [5.74, 6) is -0.170. The number of nitrogens with one attached hydrogen (secondary N) is 1. The van der Waals surface area contributed by atoms with Gasteiger partial charge in [-0.05, 0) is 31.9 Å². The van der Waals surface area contributed by atoms with Crippen LogP contribution < -0.4 is 5.32 Å². The van der Waals surface area contributed by atoms with Crippen LogP contribution in [0, 0.1) is 6.92 Å². The van der Waals surface area contributed by atoms with Gasteiger partial charge in [0.05, 0.1) is 7.11 Å². The van der Waals surface area contributed by atoms with Crippen molar-refractivity contribution in [3.8, 4) is 0 Å². The fourth-order valence-corrected chi connectivity index (χ4v) is 2.47. The van der Waals surface area contributed by atoms with Gasteiger partial charge in [0.1, 0.15) is 5.54 Å². The van der Waals surface area contributed by atoms with Gasteiger partial charge in [0, 0.05) is 5.69 Å². The third-order valence-corrected chi connectivity index (χ3v) is 3.36. The molecule has 0 aliphatic carbocycles. The SMILES string of the molecule is CCCC(CCC)(Nc1ccc(C)cc1)C(=O)OC. The van der Waals surface area contributed by atoms with Crippen LogP contribution in [0.15, 0.2) is 24.3 Å². The summed E-state index contributed by atoms with van der Waals surface area (Å²) in [5, 5.41) is 3.40. The minimum Gasteiger partial charge on any atom is -0.467 e. The van der Waals surface area contributed by atoms with Crippen LogP contribution in [0.4, 0.5) is 5.69 Å². The van der Waals surface area contributed by atoms with Gasteiger partial charge in [-0.3, -0.25) is 0 Å². The van der Waals surface area contributed by atoms with Crippen molar-refractivity contribution in [2.75, 3.05) is 12.4 Å². The van der Waals surface area contributed by atoms with E-state index in [1.54, 1.807) is 0 Å². The summed E-state index contributed by atoms with van der Waals surface area (Å²) in [6, 6.07) is 8.11. The molecule has 0 aliphatic heterocycles. The fourth-order valence-electron chi connectivity index (χ4n) is 2.47. The molecule has 0 bridgehead atoms. The first kappa shape index (κ1) is 15.5. The Labute approximate surface area is 116 Å². The van der Waals surface area contributed by atoms with Crippen LogP contribution in [0.5, 0.6) is 0 Å². The van der Waals surface area contributed by atoms with Crippen LogP contribution in [-0.4, -0.2) is 18.6 Å². The van der Waals surface area contributed by atoms with Gasteiger partial charge < -0.3 is 10.1 Å². The normalized spacial score (nSPS) is 11.2. The molecule has 106 valence electrons. The predicted octanol–water partition coefficient (Wildman–Crippen LogP) is 3.92. The van der Waals surface area contributed by atoms with Gasteiger partial charge in [-0.1, -0.05) is 44.4 Å². The number of anilines is 1. The van der Waals surface area contributed by atoms with E-state index in [0.29, 0.717) is 0 Å². The fraction of sp³-hybridized carbons (Fsp3) is 0.562. The molecule has 1 N–H and O–H groups in total. The molecule has 0 unspecified atom stereocenters. The van der Waals surface area contributed by atoms with Crippen molar-refractivity contribution >= 4 is 11.7 Å². The van der Waals surface area contributed by atoms with Crippen molar-refractivity contribution in [3.63, 3.8) is 0 Å². The summed E-state index contributed by atoms with van der Waals surface area (Å²) in [6.45, 7) is 6.23. The Morgan fingerprint density at radius 2 is 1.68 bits per heavy atom. The molecular weight excluding hydrogens is 238 g/mol. The molecule has 0 fully saturated rings. The molecule has 0 aromatic heterocycles. The van der Waals surface area contributed by atoms with Gasteiger partial charge in [-0.15, -0.1) is 0 Å². The lowest BCUT2D eigenvalue weighted by Gasteiger charge is -2.32. The molecule has 3 nitrogen and oxygen atoms in total. The monoisotopic (exact) mass is 263 g/mol. The van der Waals surface area contributed by atoms with E-state index >= 15 is 0 Å². The Hall–Kier alpha value is -1.51. The molecule has 0 heterocycles. The number of carbonyl (C=O) groups is 1. The van der Waals surface area contributed by atoms with Crippen molar-refractivity contribution < 1.29 is 9.53 Å². The van der Waals surface area contributed by atoms with Gasteiger partial charge in [0.25, 0.3) is 0 Å². The van der Waals surface area contributed by atoms with E-state index in [2.05, 4.69) is 26.1 Å². The minimum absolute atomic E-state index is 0.170. The van der Waals surface area contributed by atoms with Crippen LogP contribution in [0.3, 0.4) is 0 Å². The molecular formula is C16H25NO2. The summed E-state index contributed by atoms with van der Waals surface area (Å²) in [7, 11) is 1.46. The van der Waals surface area contributed by atoms with Crippen LogP contribution >= 0.6 is 0 Å². The molecule has 0 saturated heterocycles. The highest BCUT2D eigenvalue weighted by Gasteiger charge is 2.37. The summed E-state index contributed by atoms with van der Waals surface area (Å²) in [4.78, 5) is 12.2. The van der Waals surface area contributed by atoms with E-state index in [9.17, 15) is 4.79 Å². The summed E-state index contributed by atoms with van der Waals surface area (Å²) in [6.07, 6.45) is 3.44. The molecule has 0 amide bonds. The van der Waals surface area contributed by atoms with E-state index < -0.39 is 5.54 Å². The molecule has 0 saturated carbocycles. The number of aryl methyl sites for hydroxylation is 1. The number of benzene rings is 1. The zero-order valence-corrected chi connectivity index (χ0v) is 12.5. The average molecular weight is 263 g/mol. The Kier molecular flexibility index (Phi) is 5.87. The smallest absolute Gasteiger partial charge is 0.331 e. The molecule has 1 aromatic carbocycles. The first-order valence-corrected chi connectivity index (χ1v) is 7.01. The van der Waals surface area contributed by atoms with Crippen LogP contribution in [0.2, 0.25) is 0 Å². The molecule has 0 atom stereocenters. The molecule has 3 heteroatoms. The number of rotatable bonds is 7. The van der Waals surface area contributed by atoms with E-state index in [0.717, 1.165) is 31.4 Å². The number of methoxy groups -OCH3 is 1. The number of hydrogen-bond donors (Lipinski definition) is 1. The highest BCUT2D eigenvalue weighted by Crippen LogP contribution is 2.27. The minimum atomic E-state index is -0.604. The maximum atomic E-state index is 12.2. The van der Waals surface area contributed by atoms with Gasteiger partial charge in [0.2, 0.25) is 0 Å². The van der Waals surface area contributed by atoms with Crippen molar-refractivity contribution in [1.29, 1.82) is 0 Å². The first-order chi connectivity index (χ1) is 9.07. The van der Waals surface area contributed by atoms with E-state index in [-0.39, 0.29) is 5.97 Å². The number of esters is 1. The summed E-state index contributed by atoms with van der Waals surface area (Å²) in [5.41, 5.74) is 1.58. The number of carbonyl (C=O) groups excluding carboxylic acids is 1. The van der Waals surface area contributed by atoms with Gasteiger partial charge in [-0.2, -0.15) is 0 Å². The lowest BCUT2D eigenvalue weighted by atomic mass is 9.88. The Bertz CT molecular complexity index is 392. The lowest BCUT2D eigenvalue weighted by molar-refractivity contribution is -0.146. The Balaban J connectivity index is 3.00. The number of ether oxygens (including phenoxy) is 1. The third-order valence-electron chi connectivity index (χ3n) is 3.36. The van der Waals surface area contributed by atoms with Crippen molar-refractivity contribution in [1.82, 2.24) is 0 Å². The molecule has 19 heavy (non-hydrogen) atoms. The second-order valence-corrected chi connectivity index (χ2v) is 5.06. The lowest BCUT2D eigenvalue weighted by Crippen LogP contribution is -2.47. The average Bonchev–Trinajstić information content (AvgIpc) is 2.41. The second kappa shape index (κ2) is 7.17. The largest absolute Gasteiger partial charge is 0.467 e. The summed E-state index contributed by atoms with van der Waals surface area (Å²) < 4.78 is 5.02. The third kappa shape index (κ3) is 3.98. The maximum absolute atomic E-state index is 12.2. The van der Waals surface area contributed by atoms with Crippen molar-refractivity contribution in [3.05, 3.63) is 29.8 Å². The van der Waals surface area contributed by atoms with E-state index in [4.69, 9.17) is 4.74 Å². The van der Waals surface area contributed by atoms with E-state index in [1.165, 1.54) is 12.7 Å².